The number of carbonyl (C=O) groups is 1. The summed E-state index contributed by atoms with van der Waals surface area (Å²) < 4.78 is 5.42. The molecule has 0 aromatic heterocycles. The number of morpholine rings is 1. The molecule has 5 heteroatoms. The van der Waals surface area contributed by atoms with Gasteiger partial charge < -0.3 is 15.0 Å². The van der Waals surface area contributed by atoms with E-state index in [-0.39, 0.29) is 5.41 Å². The maximum absolute atomic E-state index is 12.9. The van der Waals surface area contributed by atoms with Crippen LogP contribution in [0, 0.1) is 5.41 Å². The molecule has 3 heterocycles. The van der Waals surface area contributed by atoms with Gasteiger partial charge in [0.1, 0.15) is 0 Å². The number of hydrogen-bond acceptors (Lipinski definition) is 4. The zero-order chi connectivity index (χ0) is 14.0. The molecule has 0 saturated carbocycles. The molecule has 0 bridgehead atoms. The summed E-state index contributed by atoms with van der Waals surface area (Å²) in [6.45, 7) is 9.58. The van der Waals surface area contributed by atoms with Crippen LogP contribution >= 0.6 is 0 Å². The van der Waals surface area contributed by atoms with Crippen molar-refractivity contribution in [2.75, 3.05) is 52.5 Å². The summed E-state index contributed by atoms with van der Waals surface area (Å²) in [6, 6.07) is 0.547. The van der Waals surface area contributed by atoms with E-state index in [9.17, 15) is 4.79 Å². The number of amides is 1. The van der Waals surface area contributed by atoms with Crippen molar-refractivity contribution in [3.05, 3.63) is 0 Å². The lowest BCUT2D eigenvalue weighted by atomic mass is 9.83. The molecule has 114 valence electrons. The van der Waals surface area contributed by atoms with Crippen LogP contribution in [-0.2, 0) is 9.53 Å². The maximum atomic E-state index is 12.9. The lowest BCUT2D eigenvalue weighted by Gasteiger charge is -2.34. The molecule has 0 aromatic rings. The summed E-state index contributed by atoms with van der Waals surface area (Å²) in [6.07, 6.45) is 3.08. The van der Waals surface area contributed by atoms with Gasteiger partial charge in [0.05, 0.1) is 18.6 Å². The van der Waals surface area contributed by atoms with E-state index in [1.807, 2.05) is 0 Å². The smallest absolute Gasteiger partial charge is 0.230 e. The molecule has 3 aliphatic heterocycles. The molecule has 1 amide bonds. The largest absolute Gasteiger partial charge is 0.379 e. The second-order valence-corrected chi connectivity index (χ2v) is 6.40. The van der Waals surface area contributed by atoms with Crippen LogP contribution in [0.25, 0.3) is 0 Å². The second kappa shape index (κ2) is 6.00. The standard InChI is InChI=1S/C15H27N3O2/c1-2-15(4-5-16-12-15)14(19)18-6-3-13(11-18)17-7-9-20-10-8-17/h13,16H,2-12H2,1H3. The lowest BCUT2D eigenvalue weighted by Crippen LogP contribution is -2.47. The average molecular weight is 281 g/mol. The predicted molar refractivity (Wildman–Crippen MR) is 77.6 cm³/mol. The molecule has 0 aliphatic carbocycles. The zero-order valence-corrected chi connectivity index (χ0v) is 12.6. The third-order valence-corrected chi connectivity index (χ3v) is 5.39. The lowest BCUT2D eigenvalue weighted by molar-refractivity contribution is -0.140. The molecule has 0 spiro atoms. The number of hydrogen-bond donors (Lipinski definition) is 1. The molecule has 20 heavy (non-hydrogen) atoms. The molecule has 3 saturated heterocycles. The van der Waals surface area contributed by atoms with Gasteiger partial charge in [0.25, 0.3) is 0 Å². The van der Waals surface area contributed by atoms with E-state index in [0.717, 1.165) is 71.7 Å². The van der Waals surface area contributed by atoms with Crippen LogP contribution in [0.5, 0.6) is 0 Å². The van der Waals surface area contributed by atoms with E-state index in [1.54, 1.807) is 0 Å². The minimum Gasteiger partial charge on any atom is -0.379 e. The highest BCUT2D eigenvalue weighted by Gasteiger charge is 2.44. The van der Waals surface area contributed by atoms with Gasteiger partial charge in [-0.2, -0.15) is 0 Å². The summed E-state index contributed by atoms with van der Waals surface area (Å²) in [7, 11) is 0. The van der Waals surface area contributed by atoms with Crippen molar-refractivity contribution in [3.8, 4) is 0 Å². The summed E-state index contributed by atoms with van der Waals surface area (Å²) >= 11 is 0. The van der Waals surface area contributed by atoms with Crippen LogP contribution in [0.3, 0.4) is 0 Å². The first kappa shape index (κ1) is 14.3. The fraction of sp³-hybridized carbons (Fsp3) is 0.933. The molecule has 0 aromatic carbocycles. The van der Waals surface area contributed by atoms with Gasteiger partial charge in [0, 0.05) is 38.8 Å². The van der Waals surface area contributed by atoms with Crippen molar-refractivity contribution >= 4 is 5.91 Å². The van der Waals surface area contributed by atoms with Gasteiger partial charge in [0.2, 0.25) is 5.91 Å². The van der Waals surface area contributed by atoms with E-state index in [4.69, 9.17) is 4.74 Å². The number of ether oxygens (including phenoxy) is 1. The molecule has 2 unspecified atom stereocenters. The van der Waals surface area contributed by atoms with Gasteiger partial charge in [-0.1, -0.05) is 6.92 Å². The molecule has 5 nitrogen and oxygen atoms in total. The molecular weight excluding hydrogens is 254 g/mol. The number of nitrogens with zero attached hydrogens (tertiary/aromatic N) is 2. The summed E-state index contributed by atoms with van der Waals surface area (Å²) in [5, 5.41) is 3.37. The molecule has 3 aliphatic rings. The first-order valence-electron chi connectivity index (χ1n) is 8.07. The van der Waals surface area contributed by atoms with E-state index in [2.05, 4.69) is 22.0 Å². The Labute approximate surface area is 121 Å². The van der Waals surface area contributed by atoms with Crippen molar-refractivity contribution in [3.63, 3.8) is 0 Å². The Morgan fingerprint density at radius 2 is 2.15 bits per heavy atom. The fourth-order valence-electron chi connectivity index (χ4n) is 3.88. The van der Waals surface area contributed by atoms with Crippen LogP contribution in [0.15, 0.2) is 0 Å². The zero-order valence-electron chi connectivity index (χ0n) is 12.6. The summed E-state index contributed by atoms with van der Waals surface area (Å²) in [4.78, 5) is 17.5. The molecule has 1 N–H and O–H groups in total. The van der Waals surface area contributed by atoms with E-state index in [0.29, 0.717) is 11.9 Å². The Morgan fingerprint density at radius 3 is 2.80 bits per heavy atom. The highest BCUT2D eigenvalue weighted by Crippen LogP contribution is 2.33. The number of nitrogens with one attached hydrogen (secondary N) is 1. The Balaban J connectivity index is 1.60. The normalized spacial score (nSPS) is 35.6. The number of likely N-dealkylation sites (tertiary alicyclic amines) is 1. The van der Waals surface area contributed by atoms with Gasteiger partial charge in [-0.15, -0.1) is 0 Å². The average Bonchev–Trinajstić information content (AvgIpc) is 3.17. The summed E-state index contributed by atoms with van der Waals surface area (Å²) in [5.41, 5.74) is -0.125. The molecular formula is C15H27N3O2. The quantitative estimate of drug-likeness (QED) is 0.809. The van der Waals surface area contributed by atoms with Crippen LogP contribution in [0.1, 0.15) is 26.2 Å². The molecule has 2 atom stereocenters. The van der Waals surface area contributed by atoms with E-state index < -0.39 is 0 Å². The van der Waals surface area contributed by atoms with Crippen LogP contribution < -0.4 is 5.32 Å². The minimum absolute atomic E-state index is 0.125. The predicted octanol–water partition coefficient (Wildman–Crippen LogP) is 0.309. The van der Waals surface area contributed by atoms with Gasteiger partial charge >= 0.3 is 0 Å². The topological polar surface area (TPSA) is 44.8 Å². The van der Waals surface area contributed by atoms with Crippen molar-refractivity contribution in [2.45, 2.75) is 32.2 Å². The Morgan fingerprint density at radius 1 is 1.35 bits per heavy atom. The SMILES string of the molecule is CCC1(C(=O)N2CCC(N3CCOCC3)C2)CCNC1. The number of carbonyl (C=O) groups excluding carboxylic acids is 1. The third-order valence-electron chi connectivity index (χ3n) is 5.39. The fourth-order valence-corrected chi connectivity index (χ4v) is 3.88. The van der Waals surface area contributed by atoms with E-state index in [1.165, 1.54) is 0 Å². The van der Waals surface area contributed by atoms with Crippen LogP contribution in [0.4, 0.5) is 0 Å². The maximum Gasteiger partial charge on any atom is 0.230 e. The van der Waals surface area contributed by atoms with Gasteiger partial charge in [-0.25, -0.2) is 0 Å². The highest BCUT2D eigenvalue weighted by atomic mass is 16.5. The summed E-state index contributed by atoms with van der Waals surface area (Å²) in [5.74, 6) is 0.390. The first-order chi connectivity index (χ1) is 9.75. The second-order valence-electron chi connectivity index (χ2n) is 6.40. The molecule has 0 radical (unpaired) electrons. The van der Waals surface area contributed by atoms with E-state index >= 15 is 0 Å². The van der Waals surface area contributed by atoms with Gasteiger partial charge in [-0.05, 0) is 25.8 Å². The van der Waals surface area contributed by atoms with Crippen molar-refractivity contribution in [2.24, 2.45) is 5.41 Å². The Bertz CT molecular complexity index is 349. The number of rotatable bonds is 3. The van der Waals surface area contributed by atoms with Crippen molar-refractivity contribution in [1.29, 1.82) is 0 Å². The van der Waals surface area contributed by atoms with Crippen molar-refractivity contribution < 1.29 is 9.53 Å². The first-order valence-corrected chi connectivity index (χ1v) is 8.07. The van der Waals surface area contributed by atoms with Gasteiger partial charge in [0.15, 0.2) is 0 Å². The molecule has 3 rings (SSSR count). The Hall–Kier alpha value is -0.650. The minimum atomic E-state index is -0.125. The Kier molecular flexibility index (Phi) is 4.29. The third kappa shape index (κ3) is 2.59. The van der Waals surface area contributed by atoms with Gasteiger partial charge in [-0.3, -0.25) is 9.69 Å². The monoisotopic (exact) mass is 281 g/mol. The van der Waals surface area contributed by atoms with Crippen LogP contribution in [-0.4, -0.2) is 74.2 Å². The van der Waals surface area contributed by atoms with Crippen LogP contribution in [0.2, 0.25) is 0 Å². The molecule has 3 fully saturated rings. The highest BCUT2D eigenvalue weighted by molar-refractivity contribution is 5.83. The van der Waals surface area contributed by atoms with Crippen molar-refractivity contribution in [1.82, 2.24) is 15.1 Å².